The normalized spacial score (nSPS) is 10.8. The highest BCUT2D eigenvalue weighted by Crippen LogP contribution is 2.17. The number of nitrogens with zero attached hydrogens (tertiary/aromatic N) is 3. The quantitative estimate of drug-likeness (QED) is 0.629. The molecule has 0 aliphatic rings. The van der Waals surface area contributed by atoms with Crippen molar-refractivity contribution in [1.29, 1.82) is 0 Å². The SMILES string of the molecule is Cc1cc(C(=O)NCCc2ccccc2)nc(N(Cc2ccccc2)C(C)C)n1. The highest BCUT2D eigenvalue weighted by Gasteiger charge is 2.18. The van der Waals surface area contributed by atoms with E-state index in [2.05, 4.69) is 58.3 Å². The average Bonchev–Trinajstić information content (AvgIpc) is 2.73. The van der Waals surface area contributed by atoms with Gasteiger partial charge in [-0.1, -0.05) is 60.7 Å². The molecule has 2 aromatic carbocycles. The Morgan fingerprint density at radius 1 is 0.966 bits per heavy atom. The van der Waals surface area contributed by atoms with Crippen LogP contribution in [0.3, 0.4) is 0 Å². The highest BCUT2D eigenvalue weighted by molar-refractivity contribution is 5.92. The van der Waals surface area contributed by atoms with Crippen LogP contribution in [0.5, 0.6) is 0 Å². The molecule has 1 aromatic heterocycles. The maximum Gasteiger partial charge on any atom is 0.270 e. The third-order valence-electron chi connectivity index (χ3n) is 4.69. The Morgan fingerprint density at radius 2 is 1.59 bits per heavy atom. The number of amides is 1. The topological polar surface area (TPSA) is 58.1 Å². The van der Waals surface area contributed by atoms with E-state index in [0.29, 0.717) is 24.7 Å². The lowest BCUT2D eigenvalue weighted by molar-refractivity contribution is 0.0949. The summed E-state index contributed by atoms with van der Waals surface area (Å²) in [4.78, 5) is 24.0. The smallest absolute Gasteiger partial charge is 0.270 e. The summed E-state index contributed by atoms with van der Waals surface area (Å²) in [5.41, 5.74) is 3.56. The minimum atomic E-state index is -0.170. The molecule has 0 aliphatic carbocycles. The number of carbonyl (C=O) groups excluding carboxylic acids is 1. The monoisotopic (exact) mass is 388 g/mol. The van der Waals surface area contributed by atoms with Crippen LogP contribution in [0.15, 0.2) is 66.7 Å². The van der Waals surface area contributed by atoms with E-state index in [1.54, 1.807) is 6.07 Å². The fourth-order valence-electron chi connectivity index (χ4n) is 3.12. The molecule has 0 saturated carbocycles. The molecule has 0 radical (unpaired) electrons. The summed E-state index contributed by atoms with van der Waals surface area (Å²) in [5.74, 6) is 0.410. The van der Waals surface area contributed by atoms with Crippen LogP contribution >= 0.6 is 0 Å². The predicted octanol–water partition coefficient (Wildman–Crippen LogP) is 4.17. The minimum Gasteiger partial charge on any atom is -0.350 e. The summed E-state index contributed by atoms with van der Waals surface area (Å²) < 4.78 is 0. The number of anilines is 1. The fourth-order valence-corrected chi connectivity index (χ4v) is 3.12. The molecular formula is C24H28N4O. The lowest BCUT2D eigenvalue weighted by Gasteiger charge is -2.27. The van der Waals surface area contributed by atoms with Gasteiger partial charge in [-0.2, -0.15) is 0 Å². The molecule has 1 heterocycles. The number of rotatable bonds is 8. The lowest BCUT2D eigenvalue weighted by Crippen LogP contribution is -2.33. The summed E-state index contributed by atoms with van der Waals surface area (Å²) in [6.45, 7) is 7.37. The largest absolute Gasteiger partial charge is 0.350 e. The molecule has 0 bridgehead atoms. The Bertz CT molecular complexity index is 926. The van der Waals surface area contributed by atoms with Gasteiger partial charge in [0, 0.05) is 24.8 Å². The number of hydrogen-bond acceptors (Lipinski definition) is 4. The van der Waals surface area contributed by atoms with Crippen molar-refractivity contribution in [3.8, 4) is 0 Å². The van der Waals surface area contributed by atoms with Crippen LogP contribution in [-0.4, -0.2) is 28.5 Å². The van der Waals surface area contributed by atoms with E-state index in [1.807, 2.05) is 43.3 Å². The van der Waals surface area contributed by atoms with E-state index in [4.69, 9.17) is 0 Å². The van der Waals surface area contributed by atoms with Crippen molar-refractivity contribution in [3.05, 3.63) is 89.2 Å². The van der Waals surface area contributed by atoms with Crippen LogP contribution in [0.1, 0.15) is 41.2 Å². The summed E-state index contributed by atoms with van der Waals surface area (Å²) >= 11 is 0. The molecule has 3 rings (SSSR count). The van der Waals surface area contributed by atoms with Gasteiger partial charge in [-0.05, 0) is 44.4 Å². The molecule has 0 fully saturated rings. The molecule has 0 unspecified atom stereocenters. The van der Waals surface area contributed by atoms with Crippen LogP contribution in [0.2, 0.25) is 0 Å². The number of carbonyl (C=O) groups is 1. The van der Waals surface area contributed by atoms with Crippen LogP contribution in [-0.2, 0) is 13.0 Å². The Kier molecular flexibility index (Phi) is 6.95. The molecule has 0 atom stereocenters. The van der Waals surface area contributed by atoms with Crippen molar-refractivity contribution in [3.63, 3.8) is 0 Å². The van der Waals surface area contributed by atoms with E-state index in [9.17, 15) is 4.79 Å². The van der Waals surface area contributed by atoms with Crippen molar-refractivity contribution >= 4 is 11.9 Å². The van der Waals surface area contributed by atoms with E-state index in [1.165, 1.54) is 11.1 Å². The third kappa shape index (κ3) is 5.88. The first-order chi connectivity index (χ1) is 14.0. The van der Waals surface area contributed by atoms with Gasteiger partial charge in [0.2, 0.25) is 5.95 Å². The van der Waals surface area contributed by atoms with Gasteiger partial charge in [-0.15, -0.1) is 0 Å². The fraction of sp³-hybridized carbons (Fsp3) is 0.292. The van der Waals surface area contributed by atoms with E-state index in [0.717, 1.165) is 12.1 Å². The van der Waals surface area contributed by atoms with Crippen molar-refractivity contribution in [2.75, 3.05) is 11.4 Å². The van der Waals surface area contributed by atoms with Gasteiger partial charge in [0.15, 0.2) is 0 Å². The molecular weight excluding hydrogens is 360 g/mol. The standard InChI is InChI=1S/C24H28N4O/c1-18(2)28(17-21-12-8-5-9-13-21)24-26-19(3)16-22(27-24)23(29)25-15-14-20-10-6-4-7-11-20/h4-13,16,18H,14-15,17H2,1-3H3,(H,25,29). The Balaban J connectivity index is 1.72. The molecule has 0 aliphatic heterocycles. The molecule has 5 nitrogen and oxygen atoms in total. The number of aryl methyl sites for hydroxylation is 1. The number of aromatic nitrogens is 2. The molecule has 1 amide bonds. The predicted molar refractivity (Wildman–Crippen MR) is 117 cm³/mol. The van der Waals surface area contributed by atoms with E-state index in [-0.39, 0.29) is 11.9 Å². The number of hydrogen-bond donors (Lipinski definition) is 1. The van der Waals surface area contributed by atoms with Gasteiger partial charge in [-0.25, -0.2) is 9.97 Å². The highest BCUT2D eigenvalue weighted by atomic mass is 16.1. The minimum absolute atomic E-state index is 0.170. The summed E-state index contributed by atoms with van der Waals surface area (Å²) in [7, 11) is 0. The Labute approximate surface area is 172 Å². The first-order valence-electron chi connectivity index (χ1n) is 10.0. The average molecular weight is 389 g/mol. The van der Waals surface area contributed by atoms with Gasteiger partial charge in [0.25, 0.3) is 5.91 Å². The maximum absolute atomic E-state index is 12.7. The zero-order chi connectivity index (χ0) is 20.6. The van der Waals surface area contributed by atoms with Gasteiger partial charge in [0.1, 0.15) is 5.69 Å². The molecule has 150 valence electrons. The second-order valence-electron chi connectivity index (χ2n) is 7.39. The Hall–Kier alpha value is -3.21. The van der Waals surface area contributed by atoms with Gasteiger partial charge in [0.05, 0.1) is 0 Å². The zero-order valence-corrected chi connectivity index (χ0v) is 17.3. The van der Waals surface area contributed by atoms with E-state index >= 15 is 0 Å². The second-order valence-corrected chi connectivity index (χ2v) is 7.39. The van der Waals surface area contributed by atoms with Crippen LogP contribution in [0, 0.1) is 6.92 Å². The first-order valence-corrected chi connectivity index (χ1v) is 10.0. The van der Waals surface area contributed by atoms with Crippen molar-refractivity contribution in [2.45, 2.75) is 39.8 Å². The van der Waals surface area contributed by atoms with Crippen molar-refractivity contribution in [1.82, 2.24) is 15.3 Å². The van der Waals surface area contributed by atoms with E-state index < -0.39 is 0 Å². The molecule has 0 spiro atoms. The van der Waals surface area contributed by atoms with Crippen LogP contribution in [0.4, 0.5) is 5.95 Å². The molecule has 3 aromatic rings. The molecule has 5 heteroatoms. The molecule has 29 heavy (non-hydrogen) atoms. The summed E-state index contributed by atoms with van der Waals surface area (Å²) in [5, 5.41) is 2.97. The van der Waals surface area contributed by atoms with Crippen LogP contribution in [0.25, 0.3) is 0 Å². The lowest BCUT2D eigenvalue weighted by atomic mass is 10.1. The molecule has 0 saturated heterocycles. The summed E-state index contributed by atoms with van der Waals surface area (Å²) in [6.07, 6.45) is 0.787. The third-order valence-corrected chi connectivity index (χ3v) is 4.69. The first kappa shape index (κ1) is 20.5. The summed E-state index contributed by atoms with van der Waals surface area (Å²) in [6, 6.07) is 22.3. The number of nitrogens with one attached hydrogen (secondary N) is 1. The van der Waals surface area contributed by atoms with Crippen molar-refractivity contribution in [2.24, 2.45) is 0 Å². The van der Waals surface area contributed by atoms with Gasteiger partial charge in [-0.3, -0.25) is 4.79 Å². The molecule has 1 N–H and O–H groups in total. The van der Waals surface area contributed by atoms with Crippen LogP contribution < -0.4 is 10.2 Å². The Morgan fingerprint density at radius 3 is 2.21 bits per heavy atom. The number of benzene rings is 2. The van der Waals surface area contributed by atoms with Gasteiger partial charge >= 0.3 is 0 Å². The zero-order valence-electron chi connectivity index (χ0n) is 17.3. The maximum atomic E-state index is 12.7. The van der Waals surface area contributed by atoms with Gasteiger partial charge < -0.3 is 10.2 Å². The second kappa shape index (κ2) is 9.82. The van der Waals surface area contributed by atoms with Crippen molar-refractivity contribution < 1.29 is 4.79 Å².